The number of imide groups is 1. The van der Waals surface area contributed by atoms with E-state index in [0.717, 1.165) is 4.90 Å². The van der Waals surface area contributed by atoms with E-state index in [4.69, 9.17) is 11.6 Å². The highest BCUT2D eigenvalue weighted by atomic mass is 35.5. The van der Waals surface area contributed by atoms with Crippen molar-refractivity contribution < 1.29 is 9.59 Å². The summed E-state index contributed by atoms with van der Waals surface area (Å²) in [6, 6.07) is -0.421. The molecule has 1 aliphatic rings. The summed E-state index contributed by atoms with van der Waals surface area (Å²) < 4.78 is 0. The van der Waals surface area contributed by atoms with Gasteiger partial charge in [0.1, 0.15) is 0 Å². The van der Waals surface area contributed by atoms with Crippen LogP contribution in [0.3, 0.4) is 0 Å². The smallest absolute Gasteiger partial charge is 0.325 e. The lowest BCUT2D eigenvalue weighted by molar-refractivity contribution is 0.212. The first-order chi connectivity index (χ1) is 4.92. The fourth-order valence-corrected chi connectivity index (χ4v) is 1.14. The predicted molar refractivity (Wildman–Crippen MR) is 40.6 cm³/mol. The molecule has 1 fully saturated rings. The van der Waals surface area contributed by atoms with E-state index in [1.165, 1.54) is 0 Å². The molecule has 0 bridgehead atoms. The number of nitrogens with zero attached hydrogens (tertiary/aromatic N) is 1. The minimum absolute atomic E-state index is 0.328. The van der Waals surface area contributed by atoms with Crippen molar-refractivity contribution in [3.8, 4) is 0 Å². The molecule has 0 atom stereocenters. The van der Waals surface area contributed by atoms with Gasteiger partial charge in [-0.3, -0.25) is 4.79 Å². The maximum absolute atomic E-state index is 10.9. The van der Waals surface area contributed by atoms with Gasteiger partial charge in [-0.25, -0.2) is 9.69 Å². The molecule has 1 N–H and O–H groups in total. The normalized spacial score (nSPS) is 21.7. The number of hydrogen-bond donors (Lipinski definition) is 1. The number of hydrogen-bond acceptors (Lipinski definition) is 2. The van der Waals surface area contributed by atoms with Crippen molar-refractivity contribution >= 4 is 23.0 Å². The minimum Gasteiger partial charge on any atom is -0.331 e. The first-order valence-electron chi connectivity index (χ1n) is 3.21. The lowest BCUT2D eigenvalue weighted by atomic mass is 10.1. The number of urea groups is 1. The van der Waals surface area contributed by atoms with Gasteiger partial charge in [-0.2, -0.15) is 0 Å². The Bertz CT molecular complexity index is 215. The van der Waals surface area contributed by atoms with Gasteiger partial charge in [-0.15, -0.1) is 0 Å². The highest BCUT2D eigenvalue weighted by Gasteiger charge is 2.37. The lowest BCUT2D eigenvalue weighted by Crippen LogP contribution is -2.36. The topological polar surface area (TPSA) is 49.4 Å². The van der Waals surface area contributed by atoms with Crippen LogP contribution in [0.1, 0.15) is 13.8 Å². The van der Waals surface area contributed by atoms with Crippen molar-refractivity contribution in [3.63, 3.8) is 0 Å². The highest BCUT2D eigenvalue weighted by Crippen LogP contribution is 2.15. The summed E-state index contributed by atoms with van der Waals surface area (Å²) in [5.74, 6) is 0. The fourth-order valence-electron chi connectivity index (χ4n) is 1.01. The number of halogens is 1. The van der Waals surface area contributed by atoms with E-state index < -0.39 is 11.4 Å². The zero-order valence-corrected chi connectivity index (χ0v) is 7.10. The van der Waals surface area contributed by atoms with Crippen molar-refractivity contribution in [2.45, 2.75) is 19.4 Å². The van der Waals surface area contributed by atoms with E-state index in [1.807, 2.05) is 13.8 Å². The number of rotatable bonds is 0. The molecule has 0 aromatic carbocycles. The average molecular weight is 177 g/mol. The van der Waals surface area contributed by atoms with Crippen LogP contribution in [0.2, 0.25) is 0 Å². The number of carbonyl (C=O) groups is 2. The summed E-state index contributed by atoms with van der Waals surface area (Å²) in [7, 11) is 0. The Morgan fingerprint density at radius 2 is 2.27 bits per heavy atom. The Balaban J connectivity index is 2.74. The number of carbonyl (C=O) groups excluding carboxylic acids is 2. The van der Waals surface area contributed by atoms with Crippen LogP contribution in [0.15, 0.2) is 0 Å². The second-order valence-corrected chi connectivity index (χ2v) is 3.48. The lowest BCUT2D eigenvalue weighted by Gasteiger charge is -2.14. The van der Waals surface area contributed by atoms with Crippen molar-refractivity contribution in [3.05, 3.63) is 0 Å². The van der Waals surface area contributed by atoms with Crippen molar-refractivity contribution in [2.24, 2.45) is 0 Å². The number of nitrogens with one attached hydrogen (secondary N) is 1. The van der Waals surface area contributed by atoms with Crippen LogP contribution >= 0.6 is 11.6 Å². The standard InChI is InChI=1S/C6H9ClN2O2/c1-6(2)3-9(4(7)10)5(11)8-6/h3H2,1-2H3,(H,8,11). The van der Waals surface area contributed by atoms with Gasteiger partial charge in [0.05, 0.1) is 12.1 Å². The fraction of sp³-hybridized carbons (Fsp3) is 0.667. The Morgan fingerprint density at radius 3 is 2.45 bits per heavy atom. The Labute approximate surface area is 69.5 Å². The Hall–Kier alpha value is -0.770. The van der Waals surface area contributed by atoms with Crippen molar-refractivity contribution in [2.75, 3.05) is 6.54 Å². The van der Waals surface area contributed by atoms with E-state index in [1.54, 1.807) is 0 Å². The molecule has 3 amide bonds. The molecule has 0 unspecified atom stereocenters. The van der Waals surface area contributed by atoms with Gasteiger partial charge in [0.2, 0.25) is 0 Å². The van der Waals surface area contributed by atoms with Crippen LogP contribution in [0.5, 0.6) is 0 Å². The van der Waals surface area contributed by atoms with Gasteiger partial charge in [0.15, 0.2) is 0 Å². The first kappa shape index (κ1) is 8.33. The molecule has 1 saturated heterocycles. The molecule has 0 aromatic rings. The molecule has 5 heteroatoms. The third-order valence-corrected chi connectivity index (χ3v) is 1.66. The van der Waals surface area contributed by atoms with E-state index in [9.17, 15) is 9.59 Å². The second kappa shape index (κ2) is 2.37. The molecule has 0 saturated carbocycles. The first-order valence-corrected chi connectivity index (χ1v) is 3.59. The zero-order chi connectivity index (χ0) is 8.65. The monoisotopic (exact) mass is 176 g/mol. The van der Waals surface area contributed by atoms with E-state index in [0.29, 0.717) is 6.54 Å². The maximum Gasteiger partial charge on any atom is 0.325 e. The van der Waals surface area contributed by atoms with Gasteiger partial charge in [0.25, 0.3) is 0 Å². The van der Waals surface area contributed by atoms with Crippen LogP contribution in [0.25, 0.3) is 0 Å². The minimum atomic E-state index is -0.729. The molecule has 0 aliphatic carbocycles. The molecule has 1 aliphatic heterocycles. The van der Waals surface area contributed by atoms with Crippen molar-refractivity contribution in [1.82, 2.24) is 10.2 Å². The van der Waals surface area contributed by atoms with Crippen LogP contribution in [-0.4, -0.2) is 28.4 Å². The van der Waals surface area contributed by atoms with Crippen molar-refractivity contribution in [1.29, 1.82) is 0 Å². The SMILES string of the molecule is CC1(C)CN(C(=O)Cl)C(=O)N1. The molecule has 0 aromatic heterocycles. The molecule has 0 spiro atoms. The summed E-state index contributed by atoms with van der Waals surface area (Å²) in [5.41, 5.74) is -0.359. The van der Waals surface area contributed by atoms with Crippen LogP contribution in [0, 0.1) is 0 Å². The van der Waals surface area contributed by atoms with Gasteiger partial charge < -0.3 is 5.32 Å². The Kier molecular flexibility index (Phi) is 1.80. The zero-order valence-electron chi connectivity index (χ0n) is 6.35. The molecular formula is C6H9ClN2O2. The van der Waals surface area contributed by atoms with E-state index >= 15 is 0 Å². The van der Waals surface area contributed by atoms with Gasteiger partial charge in [-0.1, -0.05) is 0 Å². The quantitative estimate of drug-likeness (QED) is 0.445. The predicted octanol–water partition coefficient (Wildman–Crippen LogP) is 1.15. The maximum atomic E-state index is 10.9. The summed E-state index contributed by atoms with van der Waals surface area (Å²) >= 11 is 5.13. The van der Waals surface area contributed by atoms with Crippen LogP contribution in [0.4, 0.5) is 9.59 Å². The van der Waals surface area contributed by atoms with E-state index in [-0.39, 0.29) is 5.54 Å². The molecule has 11 heavy (non-hydrogen) atoms. The van der Waals surface area contributed by atoms with E-state index in [2.05, 4.69) is 5.32 Å². The third-order valence-electron chi connectivity index (χ3n) is 1.46. The van der Waals surface area contributed by atoms with Crippen LogP contribution in [-0.2, 0) is 0 Å². The summed E-state index contributed by atoms with van der Waals surface area (Å²) in [4.78, 5) is 22.5. The van der Waals surface area contributed by atoms with Crippen LogP contribution < -0.4 is 5.32 Å². The molecule has 1 heterocycles. The summed E-state index contributed by atoms with van der Waals surface area (Å²) in [6.07, 6.45) is 0. The average Bonchev–Trinajstić information content (AvgIpc) is 2.05. The van der Waals surface area contributed by atoms with Gasteiger partial charge >= 0.3 is 11.4 Å². The second-order valence-electron chi connectivity index (χ2n) is 3.15. The van der Waals surface area contributed by atoms with Gasteiger partial charge in [-0.05, 0) is 25.4 Å². The number of amides is 3. The molecule has 4 nitrogen and oxygen atoms in total. The highest BCUT2D eigenvalue weighted by molar-refractivity contribution is 6.64. The molecule has 1 rings (SSSR count). The largest absolute Gasteiger partial charge is 0.331 e. The molecule has 62 valence electrons. The molecular weight excluding hydrogens is 168 g/mol. The van der Waals surface area contributed by atoms with Gasteiger partial charge in [0, 0.05) is 0 Å². The summed E-state index contributed by atoms with van der Waals surface area (Å²) in [6.45, 7) is 3.98. The third kappa shape index (κ3) is 1.63. The molecule has 0 radical (unpaired) electrons. The summed E-state index contributed by atoms with van der Waals surface area (Å²) in [5, 5.41) is 1.88. The Morgan fingerprint density at radius 1 is 1.73 bits per heavy atom.